The van der Waals surface area contributed by atoms with Gasteiger partial charge in [-0.3, -0.25) is 0 Å². The van der Waals surface area contributed by atoms with Gasteiger partial charge in [0, 0.05) is 52.4 Å². The molecule has 2 nitrogen and oxygen atoms in total. The second kappa shape index (κ2) is 8.89. The van der Waals surface area contributed by atoms with Crippen molar-refractivity contribution < 1.29 is 0 Å². The third-order valence-corrected chi connectivity index (χ3v) is 6.42. The van der Waals surface area contributed by atoms with E-state index in [1.807, 2.05) is 12.1 Å². The van der Waals surface area contributed by atoms with Crippen LogP contribution in [0.25, 0.3) is 17.2 Å². The molecule has 1 aromatic heterocycles. The first-order valence-electron chi connectivity index (χ1n) is 10.9. The fourth-order valence-corrected chi connectivity index (χ4v) is 4.27. The summed E-state index contributed by atoms with van der Waals surface area (Å²) in [7, 11) is 0. The van der Waals surface area contributed by atoms with Crippen molar-refractivity contribution in [2.24, 2.45) is 5.92 Å². The molecule has 1 aromatic carbocycles. The molecule has 1 saturated heterocycles. The molecule has 0 radical (unpaired) electrons. The molecule has 0 aliphatic carbocycles. The fraction of sp³-hybridized carbons (Fsp3) is 0.407. The molecule has 0 saturated carbocycles. The number of rotatable bonds is 5. The number of halogens is 1. The van der Waals surface area contributed by atoms with Crippen LogP contribution in [-0.2, 0) is 5.54 Å². The van der Waals surface area contributed by atoms with E-state index in [4.69, 9.17) is 11.6 Å². The van der Waals surface area contributed by atoms with Crippen molar-refractivity contribution >= 4 is 17.7 Å². The SMILES string of the molecule is C=C(/C=C\c1c(-c2ccc(Cl)cc2)cn(C(C)(C)C)c1C)C(=C)N1CCC(C)CC1. The summed E-state index contributed by atoms with van der Waals surface area (Å²) in [5.74, 6) is 0.805. The van der Waals surface area contributed by atoms with Gasteiger partial charge in [-0.25, -0.2) is 0 Å². The van der Waals surface area contributed by atoms with Gasteiger partial charge < -0.3 is 9.47 Å². The Kier molecular flexibility index (Phi) is 6.67. The van der Waals surface area contributed by atoms with Gasteiger partial charge in [0.05, 0.1) is 0 Å². The Bertz CT molecular complexity index is 946. The molecular formula is C27H35ClN2. The minimum atomic E-state index is 0.00243. The monoisotopic (exact) mass is 422 g/mol. The molecule has 0 unspecified atom stereocenters. The molecule has 0 spiro atoms. The number of hydrogen-bond donors (Lipinski definition) is 0. The van der Waals surface area contributed by atoms with E-state index in [9.17, 15) is 0 Å². The van der Waals surface area contributed by atoms with Crippen LogP contribution in [0.1, 0.15) is 51.8 Å². The predicted molar refractivity (Wildman–Crippen MR) is 132 cm³/mol. The normalized spacial score (nSPS) is 15.7. The van der Waals surface area contributed by atoms with Crippen LogP contribution in [0, 0.1) is 12.8 Å². The second-order valence-corrected chi connectivity index (χ2v) is 10.0. The van der Waals surface area contributed by atoms with Crippen molar-refractivity contribution in [2.45, 2.75) is 53.0 Å². The van der Waals surface area contributed by atoms with E-state index in [2.05, 4.69) is 87.7 Å². The van der Waals surface area contributed by atoms with Gasteiger partial charge in [-0.15, -0.1) is 0 Å². The number of aromatic nitrogens is 1. The third-order valence-electron chi connectivity index (χ3n) is 6.16. The first kappa shape index (κ1) is 22.5. The Labute approximate surface area is 187 Å². The Morgan fingerprint density at radius 2 is 1.70 bits per heavy atom. The van der Waals surface area contributed by atoms with Gasteiger partial charge in [0.15, 0.2) is 0 Å². The van der Waals surface area contributed by atoms with Crippen molar-refractivity contribution in [2.75, 3.05) is 13.1 Å². The molecule has 1 aliphatic rings. The van der Waals surface area contributed by atoms with Gasteiger partial charge in [0.2, 0.25) is 0 Å². The number of benzene rings is 1. The first-order valence-corrected chi connectivity index (χ1v) is 11.3. The Morgan fingerprint density at radius 3 is 2.27 bits per heavy atom. The zero-order valence-corrected chi connectivity index (χ0v) is 19.9. The summed E-state index contributed by atoms with van der Waals surface area (Å²) in [5.41, 5.74) is 6.86. The van der Waals surface area contributed by atoms with Crippen LogP contribution in [-0.4, -0.2) is 22.6 Å². The molecule has 3 rings (SSSR count). The maximum Gasteiger partial charge on any atom is 0.0406 e. The van der Waals surface area contributed by atoms with E-state index < -0.39 is 0 Å². The summed E-state index contributed by atoms with van der Waals surface area (Å²) in [4.78, 5) is 2.37. The summed E-state index contributed by atoms with van der Waals surface area (Å²) < 4.78 is 2.35. The average Bonchev–Trinajstić information content (AvgIpc) is 3.03. The number of piperidine rings is 1. The van der Waals surface area contributed by atoms with Crippen LogP contribution < -0.4 is 0 Å². The number of likely N-dealkylation sites (tertiary alicyclic amines) is 1. The van der Waals surface area contributed by atoms with Crippen molar-refractivity contribution in [3.8, 4) is 11.1 Å². The van der Waals surface area contributed by atoms with Crippen molar-refractivity contribution in [1.29, 1.82) is 0 Å². The van der Waals surface area contributed by atoms with E-state index in [0.29, 0.717) is 0 Å². The number of allylic oxidation sites excluding steroid dienone is 1. The standard InChI is InChI=1S/C27H35ClN2/c1-19-14-16-29(17-15-19)21(3)20(2)8-13-25-22(4)30(27(5,6)7)18-26(25)23-9-11-24(28)12-10-23/h8-13,18-19H,2-3,14-17H2,1,4-7H3/b13-8-. The van der Waals surface area contributed by atoms with Crippen LogP contribution >= 0.6 is 11.6 Å². The highest BCUT2D eigenvalue weighted by Crippen LogP contribution is 2.34. The lowest BCUT2D eigenvalue weighted by Crippen LogP contribution is -2.32. The molecule has 160 valence electrons. The summed E-state index contributed by atoms with van der Waals surface area (Å²) in [6.07, 6.45) is 9.02. The van der Waals surface area contributed by atoms with Crippen molar-refractivity contribution in [1.82, 2.24) is 9.47 Å². The topological polar surface area (TPSA) is 8.17 Å². The van der Waals surface area contributed by atoms with Crippen LogP contribution in [0.15, 0.2) is 61.0 Å². The zero-order chi connectivity index (χ0) is 22.1. The maximum absolute atomic E-state index is 6.12. The van der Waals surface area contributed by atoms with Crippen LogP contribution in [0.4, 0.5) is 0 Å². The van der Waals surface area contributed by atoms with E-state index in [0.717, 1.165) is 35.3 Å². The summed E-state index contributed by atoms with van der Waals surface area (Å²) in [5, 5.41) is 0.753. The number of hydrogen-bond acceptors (Lipinski definition) is 1. The molecule has 0 amide bonds. The fourth-order valence-electron chi connectivity index (χ4n) is 4.15. The largest absolute Gasteiger partial charge is 0.372 e. The smallest absolute Gasteiger partial charge is 0.0406 e. The van der Waals surface area contributed by atoms with E-state index >= 15 is 0 Å². The Morgan fingerprint density at radius 1 is 1.10 bits per heavy atom. The van der Waals surface area contributed by atoms with Gasteiger partial charge in [-0.2, -0.15) is 0 Å². The van der Waals surface area contributed by atoms with E-state index in [1.54, 1.807) is 0 Å². The highest BCUT2D eigenvalue weighted by atomic mass is 35.5. The molecule has 30 heavy (non-hydrogen) atoms. The molecule has 0 N–H and O–H groups in total. The molecule has 3 heteroatoms. The lowest BCUT2D eigenvalue weighted by molar-refractivity contribution is 0.242. The summed E-state index contributed by atoms with van der Waals surface area (Å²) in [6.45, 7) is 22.0. The molecule has 0 atom stereocenters. The molecule has 1 aliphatic heterocycles. The van der Waals surface area contributed by atoms with Crippen molar-refractivity contribution in [3.05, 3.63) is 77.2 Å². The highest BCUT2D eigenvalue weighted by Gasteiger charge is 2.21. The van der Waals surface area contributed by atoms with Gasteiger partial charge >= 0.3 is 0 Å². The molecule has 2 heterocycles. The van der Waals surface area contributed by atoms with E-state index in [1.165, 1.54) is 35.2 Å². The summed E-state index contributed by atoms with van der Waals surface area (Å²) >= 11 is 6.12. The molecule has 2 aromatic rings. The maximum atomic E-state index is 6.12. The predicted octanol–water partition coefficient (Wildman–Crippen LogP) is 7.69. The lowest BCUT2D eigenvalue weighted by atomic mass is 9.98. The highest BCUT2D eigenvalue weighted by molar-refractivity contribution is 6.30. The minimum absolute atomic E-state index is 0.00243. The van der Waals surface area contributed by atoms with Crippen LogP contribution in [0.5, 0.6) is 0 Å². The Balaban J connectivity index is 1.92. The van der Waals surface area contributed by atoms with Gasteiger partial charge in [-0.05, 0) is 69.7 Å². The van der Waals surface area contributed by atoms with Gasteiger partial charge in [-0.1, -0.05) is 56.0 Å². The summed E-state index contributed by atoms with van der Waals surface area (Å²) in [6, 6.07) is 8.08. The molecular weight excluding hydrogens is 388 g/mol. The van der Waals surface area contributed by atoms with Gasteiger partial charge in [0.1, 0.15) is 0 Å². The first-order chi connectivity index (χ1) is 14.1. The van der Waals surface area contributed by atoms with Crippen LogP contribution in [0.2, 0.25) is 5.02 Å². The zero-order valence-electron chi connectivity index (χ0n) is 19.1. The molecule has 0 bridgehead atoms. The minimum Gasteiger partial charge on any atom is -0.372 e. The van der Waals surface area contributed by atoms with Gasteiger partial charge in [0.25, 0.3) is 0 Å². The van der Waals surface area contributed by atoms with E-state index in [-0.39, 0.29) is 5.54 Å². The lowest BCUT2D eigenvalue weighted by Gasteiger charge is -2.33. The second-order valence-electron chi connectivity index (χ2n) is 9.56. The third kappa shape index (κ3) is 4.92. The van der Waals surface area contributed by atoms with Crippen LogP contribution in [0.3, 0.4) is 0 Å². The quantitative estimate of drug-likeness (QED) is 0.448. The number of nitrogens with zero attached hydrogens (tertiary/aromatic N) is 2. The Hall–Kier alpha value is -2.19. The molecule has 1 fully saturated rings. The van der Waals surface area contributed by atoms with Crippen molar-refractivity contribution in [3.63, 3.8) is 0 Å². The average molecular weight is 423 g/mol.